The van der Waals surface area contributed by atoms with Gasteiger partial charge in [-0.3, -0.25) is 4.79 Å². The smallest absolute Gasteiger partial charge is 0.337 e. The van der Waals surface area contributed by atoms with Gasteiger partial charge in [-0.1, -0.05) is 42.5 Å². The zero-order chi connectivity index (χ0) is 20.6. The molecule has 0 aliphatic heterocycles. The van der Waals surface area contributed by atoms with Gasteiger partial charge in [0.2, 0.25) is 0 Å². The van der Waals surface area contributed by atoms with Gasteiger partial charge in [-0.25, -0.2) is 4.79 Å². The first-order valence-corrected chi connectivity index (χ1v) is 9.01. The lowest BCUT2D eigenvalue weighted by Gasteiger charge is -2.10. The highest BCUT2D eigenvalue weighted by atomic mass is 16.5. The quantitative estimate of drug-likeness (QED) is 0.380. The van der Waals surface area contributed by atoms with Gasteiger partial charge < -0.3 is 14.8 Å². The normalized spacial score (nSPS) is 10.9. The Balaban J connectivity index is 1.88. The van der Waals surface area contributed by atoms with E-state index in [9.17, 15) is 9.59 Å². The van der Waals surface area contributed by atoms with E-state index in [0.29, 0.717) is 16.8 Å². The number of hydrogen-bond acceptors (Lipinski definition) is 4. The molecule has 0 bridgehead atoms. The number of hydrogen-bond donors (Lipinski definition) is 1. The van der Waals surface area contributed by atoms with E-state index in [-0.39, 0.29) is 5.91 Å². The Morgan fingerprint density at radius 2 is 1.45 bits per heavy atom. The van der Waals surface area contributed by atoms with Crippen LogP contribution in [0, 0.1) is 0 Å². The highest BCUT2D eigenvalue weighted by Gasteiger charge is 2.13. The molecule has 29 heavy (non-hydrogen) atoms. The Hall–Kier alpha value is -3.86. The van der Waals surface area contributed by atoms with Gasteiger partial charge in [0.25, 0.3) is 5.91 Å². The molecule has 3 aromatic rings. The van der Waals surface area contributed by atoms with Gasteiger partial charge in [0, 0.05) is 11.3 Å². The van der Waals surface area contributed by atoms with E-state index >= 15 is 0 Å². The molecule has 0 atom stereocenters. The third-order valence-corrected chi connectivity index (χ3v) is 4.32. The van der Waals surface area contributed by atoms with Gasteiger partial charge in [-0.15, -0.1) is 0 Å². The van der Waals surface area contributed by atoms with Crippen molar-refractivity contribution < 1.29 is 19.1 Å². The van der Waals surface area contributed by atoms with Crippen LogP contribution in [0.25, 0.3) is 11.6 Å². The molecule has 0 saturated carbocycles. The van der Waals surface area contributed by atoms with Crippen LogP contribution in [0.1, 0.15) is 21.5 Å². The zero-order valence-corrected chi connectivity index (χ0v) is 16.2. The number of esters is 1. The molecule has 1 N–H and O–H groups in total. The van der Waals surface area contributed by atoms with Crippen molar-refractivity contribution in [1.82, 2.24) is 0 Å². The van der Waals surface area contributed by atoms with Gasteiger partial charge in [0.05, 0.1) is 19.8 Å². The molecule has 0 fully saturated rings. The van der Waals surface area contributed by atoms with Gasteiger partial charge in [-0.05, 0) is 53.6 Å². The summed E-state index contributed by atoms with van der Waals surface area (Å²) in [5, 5.41) is 2.88. The Labute approximate surface area is 169 Å². The van der Waals surface area contributed by atoms with Crippen molar-refractivity contribution in [3.05, 3.63) is 95.6 Å². The zero-order valence-electron chi connectivity index (χ0n) is 16.2. The van der Waals surface area contributed by atoms with Crippen LogP contribution in [0.5, 0.6) is 5.75 Å². The molecule has 3 aromatic carbocycles. The number of rotatable bonds is 6. The largest absolute Gasteiger partial charge is 0.497 e. The second kappa shape index (κ2) is 9.37. The lowest BCUT2D eigenvalue weighted by atomic mass is 10.0. The van der Waals surface area contributed by atoms with Crippen molar-refractivity contribution in [2.24, 2.45) is 0 Å². The maximum absolute atomic E-state index is 13.0. The number of amides is 1. The number of nitrogens with one attached hydrogen (secondary N) is 1. The third-order valence-electron chi connectivity index (χ3n) is 4.32. The second-order valence-electron chi connectivity index (χ2n) is 6.22. The Morgan fingerprint density at radius 1 is 0.793 bits per heavy atom. The predicted molar refractivity (Wildman–Crippen MR) is 114 cm³/mol. The van der Waals surface area contributed by atoms with Crippen molar-refractivity contribution in [2.75, 3.05) is 19.5 Å². The van der Waals surface area contributed by atoms with E-state index in [2.05, 4.69) is 5.32 Å². The van der Waals surface area contributed by atoms with E-state index in [0.717, 1.165) is 16.9 Å². The molecule has 3 rings (SSSR count). The Morgan fingerprint density at radius 3 is 2.03 bits per heavy atom. The number of carbonyl (C=O) groups is 2. The number of ether oxygens (including phenoxy) is 2. The average molecular weight is 387 g/mol. The SMILES string of the molecule is COC(=O)c1ccc(NC(=O)/C(=C/c2ccc(OC)cc2)c2ccccc2)cc1. The summed E-state index contributed by atoms with van der Waals surface area (Å²) >= 11 is 0. The molecule has 0 spiro atoms. The minimum atomic E-state index is -0.424. The lowest BCUT2D eigenvalue weighted by Crippen LogP contribution is -2.14. The summed E-state index contributed by atoms with van der Waals surface area (Å²) in [5.41, 5.74) is 3.20. The summed E-state index contributed by atoms with van der Waals surface area (Å²) in [6, 6.07) is 23.5. The topological polar surface area (TPSA) is 64.6 Å². The van der Waals surface area contributed by atoms with Crippen LogP contribution in [0.2, 0.25) is 0 Å². The second-order valence-corrected chi connectivity index (χ2v) is 6.22. The molecular formula is C24H21NO4. The Kier molecular flexibility index (Phi) is 6.43. The molecule has 0 aliphatic rings. The average Bonchev–Trinajstić information content (AvgIpc) is 2.78. The maximum atomic E-state index is 13.0. The highest BCUT2D eigenvalue weighted by Crippen LogP contribution is 2.22. The van der Waals surface area contributed by atoms with E-state index < -0.39 is 5.97 Å². The summed E-state index contributed by atoms with van der Waals surface area (Å²) in [6.07, 6.45) is 1.83. The van der Waals surface area contributed by atoms with E-state index in [1.807, 2.05) is 60.7 Å². The minimum absolute atomic E-state index is 0.252. The van der Waals surface area contributed by atoms with Crippen LogP contribution in [0.4, 0.5) is 5.69 Å². The van der Waals surface area contributed by atoms with E-state index in [1.165, 1.54) is 7.11 Å². The van der Waals surface area contributed by atoms with Crippen LogP contribution in [0.3, 0.4) is 0 Å². The van der Waals surface area contributed by atoms with Gasteiger partial charge >= 0.3 is 5.97 Å². The minimum Gasteiger partial charge on any atom is -0.497 e. The summed E-state index contributed by atoms with van der Waals surface area (Å²) in [4.78, 5) is 24.6. The standard InChI is InChI=1S/C24H21NO4/c1-28-21-14-8-17(9-15-21)16-22(18-6-4-3-5-7-18)23(26)25-20-12-10-19(11-13-20)24(27)29-2/h3-16H,1-2H3,(H,25,26)/b22-16+. The van der Waals surface area contributed by atoms with Crippen LogP contribution in [-0.4, -0.2) is 26.1 Å². The first-order valence-electron chi connectivity index (χ1n) is 9.01. The van der Waals surface area contributed by atoms with Crippen molar-refractivity contribution in [2.45, 2.75) is 0 Å². The molecule has 0 heterocycles. The number of carbonyl (C=O) groups excluding carboxylic acids is 2. The summed E-state index contributed by atoms with van der Waals surface area (Å²) < 4.78 is 9.88. The lowest BCUT2D eigenvalue weighted by molar-refractivity contribution is -0.111. The molecular weight excluding hydrogens is 366 g/mol. The molecule has 146 valence electrons. The molecule has 5 nitrogen and oxygen atoms in total. The van der Waals surface area contributed by atoms with Crippen molar-refractivity contribution >= 4 is 29.2 Å². The highest BCUT2D eigenvalue weighted by molar-refractivity contribution is 6.29. The number of benzene rings is 3. The summed E-state index contributed by atoms with van der Waals surface area (Å²) in [6.45, 7) is 0. The van der Waals surface area contributed by atoms with Crippen LogP contribution in [-0.2, 0) is 9.53 Å². The molecule has 0 unspecified atom stereocenters. The fraction of sp³-hybridized carbons (Fsp3) is 0.0833. The van der Waals surface area contributed by atoms with Gasteiger partial charge in [-0.2, -0.15) is 0 Å². The molecule has 0 saturated heterocycles. The third kappa shape index (κ3) is 5.11. The summed E-state index contributed by atoms with van der Waals surface area (Å²) in [5.74, 6) is 0.0728. The molecule has 1 amide bonds. The monoisotopic (exact) mass is 387 g/mol. The van der Waals surface area contributed by atoms with Crippen molar-refractivity contribution in [1.29, 1.82) is 0 Å². The fourth-order valence-corrected chi connectivity index (χ4v) is 2.77. The van der Waals surface area contributed by atoms with Crippen LogP contribution in [0.15, 0.2) is 78.9 Å². The molecule has 0 radical (unpaired) electrons. The van der Waals surface area contributed by atoms with Crippen LogP contribution >= 0.6 is 0 Å². The van der Waals surface area contributed by atoms with Gasteiger partial charge in [0.1, 0.15) is 5.75 Å². The van der Waals surface area contributed by atoms with Gasteiger partial charge in [0.15, 0.2) is 0 Å². The number of anilines is 1. The molecule has 5 heteroatoms. The first-order chi connectivity index (χ1) is 14.1. The maximum Gasteiger partial charge on any atom is 0.337 e. The molecule has 0 aromatic heterocycles. The van der Waals surface area contributed by atoms with Crippen molar-refractivity contribution in [3.8, 4) is 5.75 Å². The summed E-state index contributed by atoms with van der Waals surface area (Å²) in [7, 11) is 2.94. The fourth-order valence-electron chi connectivity index (χ4n) is 2.77. The van der Waals surface area contributed by atoms with E-state index in [4.69, 9.17) is 9.47 Å². The van der Waals surface area contributed by atoms with Crippen LogP contribution < -0.4 is 10.1 Å². The Bertz CT molecular complexity index is 1010. The first kappa shape index (κ1) is 19.9. The predicted octanol–water partition coefficient (Wildman–Crippen LogP) is 4.66. The van der Waals surface area contributed by atoms with E-state index in [1.54, 1.807) is 31.4 Å². The van der Waals surface area contributed by atoms with Crippen molar-refractivity contribution in [3.63, 3.8) is 0 Å². The molecule has 0 aliphatic carbocycles. The number of methoxy groups -OCH3 is 2.